The maximum Gasteiger partial charge on any atom is 0.229 e. The van der Waals surface area contributed by atoms with E-state index in [4.69, 9.17) is 0 Å². The van der Waals surface area contributed by atoms with E-state index in [1.807, 2.05) is 36.2 Å². The van der Waals surface area contributed by atoms with Gasteiger partial charge in [-0.15, -0.1) is 0 Å². The van der Waals surface area contributed by atoms with Crippen LogP contribution < -0.4 is 10.2 Å². The van der Waals surface area contributed by atoms with E-state index in [0.717, 1.165) is 50.1 Å². The van der Waals surface area contributed by atoms with Gasteiger partial charge in [0.05, 0.1) is 17.3 Å². The number of hydrogen-bond donors (Lipinski definition) is 1. The molecule has 1 unspecified atom stereocenters. The summed E-state index contributed by atoms with van der Waals surface area (Å²) < 4.78 is 0. The molecule has 2 aliphatic rings. The van der Waals surface area contributed by atoms with Gasteiger partial charge in [-0.25, -0.2) is 0 Å². The molecule has 1 N–H and O–H groups in total. The lowest BCUT2D eigenvalue weighted by Gasteiger charge is -2.32. The molecular formula is C19H27N3O2. The molecule has 3 rings (SSSR count). The Morgan fingerprint density at radius 2 is 1.96 bits per heavy atom. The number of rotatable bonds is 5. The molecule has 0 aromatic heterocycles. The van der Waals surface area contributed by atoms with E-state index in [0.29, 0.717) is 6.54 Å². The van der Waals surface area contributed by atoms with Gasteiger partial charge in [0.15, 0.2) is 0 Å². The molecule has 24 heavy (non-hydrogen) atoms. The Hall–Kier alpha value is -2.04. The molecule has 1 aromatic rings. The minimum absolute atomic E-state index is 0.0280. The van der Waals surface area contributed by atoms with Gasteiger partial charge < -0.3 is 15.1 Å². The average molecular weight is 329 g/mol. The van der Waals surface area contributed by atoms with E-state index in [1.165, 1.54) is 0 Å². The second kappa shape index (κ2) is 7.24. The third-order valence-corrected chi connectivity index (χ3v) is 5.08. The quantitative estimate of drug-likeness (QED) is 0.904. The van der Waals surface area contributed by atoms with Crippen LogP contribution in [0.4, 0.5) is 11.4 Å². The number of carbonyl (C=O) groups excluding carboxylic acids is 2. The highest BCUT2D eigenvalue weighted by Crippen LogP contribution is 2.33. The van der Waals surface area contributed by atoms with Gasteiger partial charge in [0, 0.05) is 32.6 Å². The minimum Gasteiger partial charge on any atom is -0.373 e. The highest BCUT2D eigenvalue weighted by molar-refractivity contribution is 5.96. The fraction of sp³-hybridized carbons (Fsp3) is 0.579. The second-order valence-corrected chi connectivity index (χ2v) is 6.92. The van der Waals surface area contributed by atoms with Crippen molar-refractivity contribution in [2.75, 3.05) is 36.9 Å². The monoisotopic (exact) mass is 329 g/mol. The molecule has 0 bridgehead atoms. The molecule has 5 nitrogen and oxygen atoms in total. The smallest absolute Gasteiger partial charge is 0.229 e. The molecule has 130 valence electrons. The molecule has 1 heterocycles. The van der Waals surface area contributed by atoms with Crippen molar-refractivity contribution in [2.24, 2.45) is 11.8 Å². The molecule has 1 aliphatic heterocycles. The van der Waals surface area contributed by atoms with Crippen molar-refractivity contribution in [3.63, 3.8) is 0 Å². The van der Waals surface area contributed by atoms with Crippen molar-refractivity contribution in [3.8, 4) is 0 Å². The second-order valence-electron chi connectivity index (χ2n) is 6.92. The number of piperidine rings is 1. The molecule has 2 fully saturated rings. The SMILES string of the molecule is CCN(C)c1ccccc1NC(=O)C1CCCN(C(=O)C2CC2)C1. The Balaban J connectivity index is 1.65. The van der Waals surface area contributed by atoms with Crippen LogP contribution in [0.25, 0.3) is 0 Å². The summed E-state index contributed by atoms with van der Waals surface area (Å²) >= 11 is 0. The third-order valence-electron chi connectivity index (χ3n) is 5.08. The van der Waals surface area contributed by atoms with Crippen LogP contribution >= 0.6 is 0 Å². The number of para-hydroxylation sites is 2. The molecule has 0 spiro atoms. The van der Waals surface area contributed by atoms with Crippen molar-refractivity contribution in [2.45, 2.75) is 32.6 Å². The summed E-state index contributed by atoms with van der Waals surface area (Å²) in [6, 6.07) is 7.87. The summed E-state index contributed by atoms with van der Waals surface area (Å²) in [5.41, 5.74) is 1.87. The van der Waals surface area contributed by atoms with E-state index >= 15 is 0 Å². The number of hydrogen-bond acceptors (Lipinski definition) is 3. The Labute approximate surface area is 144 Å². The topological polar surface area (TPSA) is 52.7 Å². The van der Waals surface area contributed by atoms with E-state index in [-0.39, 0.29) is 23.7 Å². The van der Waals surface area contributed by atoms with Crippen molar-refractivity contribution in [3.05, 3.63) is 24.3 Å². The summed E-state index contributed by atoms with van der Waals surface area (Å²) in [5.74, 6) is 0.394. The van der Waals surface area contributed by atoms with Gasteiger partial charge in [0.25, 0.3) is 0 Å². The van der Waals surface area contributed by atoms with Crippen LogP contribution in [0.1, 0.15) is 32.6 Å². The van der Waals surface area contributed by atoms with Crippen LogP contribution in [0.15, 0.2) is 24.3 Å². The van der Waals surface area contributed by atoms with Crippen LogP contribution in [-0.4, -0.2) is 43.4 Å². The van der Waals surface area contributed by atoms with E-state index in [9.17, 15) is 9.59 Å². The Morgan fingerprint density at radius 3 is 2.67 bits per heavy atom. The van der Waals surface area contributed by atoms with Crippen LogP contribution in [0, 0.1) is 11.8 Å². The van der Waals surface area contributed by atoms with Gasteiger partial charge in [0.1, 0.15) is 0 Å². The fourth-order valence-electron chi connectivity index (χ4n) is 3.30. The average Bonchev–Trinajstić information content (AvgIpc) is 3.46. The molecule has 1 saturated carbocycles. The van der Waals surface area contributed by atoms with Gasteiger partial charge in [-0.05, 0) is 44.7 Å². The van der Waals surface area contributed by atoms with E-state index in [1.54, 1.807) is 0 Å². The lowest BCUT2D eigenvalue weighted by atomic mass is 9.96. The van der Waals surface area contributed by atoms with Crippen LogP contribution in [0.2, 0.25) is 0 Å². The maximum absolute atomic E-state index is 12.7. The zero-order valence-corrected chi connectivity index (χ0v) is 14.6. The molecule has 5 heteroatoms. The first-order chi connectivity index (χ1) is 11.6. The zero-order chi connectivity index (χ0) is 17.1. The normalized spacial score (nSPS) is 20.6. The molecule has 1 saturated heterocycles. The fourth-order valence-corrected chi connectivity index (χ4v) is 3.30. The Morgan fingerprint density at radius 1 is 1.21 bits per heavy atom. The molecule has 0 radical (unpaired) electrons. The lowest BCUT2D eigenvalue weighted by molar-refractivity contribution is -0.135. The number of anilines is 2. The molecular weight excluding hydrogens is 302 g/mol. The number of benzene rings is 1. The summed E-state index contributed by atoms with van der Waals surface area (Å²) in [6.45, 7) is 4.32. The Bertz CT molecular complexity index is 612. The van der Waals surface area contributed by atoms with Gasteiger partial charge in [-0.1, -0.05) is 12.1 Å². The standard InChI is InChI=1S/C19H27N3O2/c1-3-21(2)17-9-5-4-8-16(17)20-18(23)15-7-6-12-22(13-15)19(24)14-10-11-14/h4-5,8-9,14-15H,3,6-7,10-13H2,1-2H3,(H,20,23). The predicted octanol–water partition coefficient (Wildman–Crippen LogP) is 2.73. The number of carbonyl (C=O) groups is 2. The third kappa shape index (κ3) is 3.71. The van der Waals surface area contributed by atoms with Crippen LogP contribution in [-0.2, 0) is 9.59 Å². The van der Waals surface area contributed by atoms with Gasteiger partial charge >= 0.3 is 0 Å². The largest absolute Gasteiger partial charge is 0.373 e. The minimum atomic E-state index is -0.110. The van der Waals surface area contributed by atoms with Crippen molar-refractivity contribution >= 4 is 23.2 Å². The number of amides is 2. The number of nitrogens with one attached hydrogen (secondary N) is 1. The van der Waals surface area contributed by atoms with E-state index < -0.39 is 0 Å². The summed E-state index contributed by atoms with van der Waals surface area (Å²) in [6.07, 6.45) is 3.80. The highest BCUT2D eigenvalue weighted by Gasteiger charge is 2.36. The first-order valence-corrected chi connectivity index (χ1v) is 9.00. The van der Waals surface area contributed by atoms with Crippen molar-refractivity contribution in [1.29, 1.82) is 0 Å². The molecule has 2 amide bonds. The lowest BCUT2D eigenvalue weighted by Crippen LogP contribution is -2.44. The van der Waals surface area contributed by atoms with Gasteiger partial charge in [-0.2, -0.15) is 0 Å². The molecule has 1 aliphatic carbocycles. The van der Waals surface area contributed by atoms with Crippen molar-refractivity contribution in [1.82, 2.24) is 4.90 Å². The van der Waals surface area contributed by atoms with Crippen LogP contribution in [0.3, 0.4) is 0 Å². The predicted molar refractivity (Wildman–Crippen MR) is 96.0 cm³/mol. The summed E-state index contributed by atoms with van der Waals surface area (Å²) in [5, 5.41) is 3.08. The zero-order valence-electron chi connectivity index (χ0n) is 14.6. The maximum atomic E-state index is 12.7. The molecule has 1 atom stereocenters. The van der Waals surface area contributed by atoms with Crippen molar-refractivity contribution < 1.29 is 9.59 Å². The van der Waals surface area contributed by atoms with Gasteiger partial charge in [0.2, 0.25) is 11.8 Å². The summed E-state index contributed by atoms with van der Waals surface area (Å²) in [7, 11) is 2.02. The highest BCUT2D eigenvalue weighted by atomic mass is 16.2. The summed E-state index contributed by atoms with van der Waals surface area (Å²) in [4.78, 5) is 29.0. The number of likely N-dealkylation sites (tertiary alicyclic amines) is 1. The van der Waals surface area contributed by atoms with E-state index in [2.05, 4.69) is 17.1 Å². The molecule has 1 aromatic carbocycles. The first-order valence-electron chi connectivity index (χ1n) is 9.00. The first kappa shape index (κ1) is 16.8. The van der Waals surface area contributed by atoms with Gasteiger partial charge in [-0.3, -0.25) is 9.59 Å². The number of nitrogens with zero attached hydrogens (tertiary/aromatic N) is 2. The van der Waals surface area contributed by atoms with Crippen LogP contribution in [0.5, 0.6) is 0 Å². The Kier molecular flexibility index (Phi) is 5.07.